The number of nitrogens with two attached hydrogens (primary N) is 1. The lowest BCUT2D eigenvalue weighted by atomic mass is 10.0. The zero-order chi connectivity index (χ0) is 16.1. The summed E-state index contributed by atoms with van der Waals surface area (Å²) in [7, 11) is 0. The van der Waals surface area contributed by atoms with Crippen LogP contribution < -0.4 is 10.5 Å². The SMILES string of the molecule is NC(=O)c1cccc(-c2ccccc2)c1OCc1ccccc1. The molecular formula is C20H17NO2. The van der Waals surface area contributed by atoms with E-state index in [1.54, 1.807) is 6.07 Å². The average Bonchev–Trinajstić information content (AvgIpc) is 2.61. The van der Waals surface area contributed by atoms with Gasteiger partial charge in [-0.05, 0) is 17.2 Å². The molecule has 3 heteroatoms. The Morgan fingerprint density at radius 2 is 1.48 bits per heavy atom. The van der Waals surface area contributed by atoms with Crippen molar-refractivity contribution in [1.29, 1.82) is 0 Å². The molecule has 0 radical (unpaired) electrons. The predicted octanol–water partition coefficient (Wildman–Crippen LogP) is 4.03. The smallest absolute Gasteiger partial charge is 0.252 e. The van der Waals surface area contributed by atoms with Gasteiger partial charge < -0.3 is 10.5 Å². The van der Waals surface area contributed by atoms with Crippen LogP contribution in [0.3, 0.4) is 0 Å². The summed E-state index contributed by atoms with van der Waals surface area (Å²) in [4.78, 5) is 11.8. The van der Waals surface area contributed by atoms with Gasteiger partial charge >= 0.3 is 0 Å². The van der Waals surface area contributed by atoms with Crippen molar-refractivity contribution in [2.75, 3.05) is 0 Å². The molecule has 0 heterocycles. The summed E-state index contributed by atoms with van der Waals surface area (Å²) in [5, 5.41) is 0. The molecule has 0 saturated carbocycles. The molecule has 0 bridgehead atoms. The lowest BCUT2D eigenvalue weighted by Gasteiger charge is -2.15. The molecular weight excluding hydrogens is 286 g/mol. The topological polar surface area (TPSA) is 52.3 Å². The van der Waals surface area contributed by atoms with Crippen molar-refractivity contribution >= 4 is 5.91 Å². The highest BCUT2D eigenvalue weighted by Gasteiger charge is 2.15. The molecule has 3 nitrogen and oxygen atoms in total. The van der Waals surface area contributed by atoms with Crippen LogP contribution in [0.4, 0.5) is 0 Å². The molecule has 3 aromatic rings. The van der Waals surface area contributed by atoms with Crippen molar-refractivity contribution < 1.29 is 9.53 Å². The molecule has 1 amide bonds. The highest BCUT2D eigenvalue weighted by molar-refractivity contribution is 5.98. The summed E-state index contributed by atoms with van der Waals surface area (Å²) >= 11 is 0. The lowest BCUT2D eigenvalue weighted by molar-refractivity contribution is 0.0996. The summed E-state index contributed by atoms with van der Waals surface area (Å²) in [6.07, 6.45) is 0. The van der Waals surface area contributed by atoms with E-state index in [9.17, 15) is 4.79 Å². The Kier molecular flexibility index (Phi) is 4.39. The van der Waals surface area contributed by atoms with Gasteiger partial charge in [-0.2, -0.15) is 0 Å². The maximum absolute atomic E-state index is 11.8. The van der Waals surface area contributed by atoms with Crippen molar-refractivity contribution in [1.82, 2.24) is 0 Å². The molecule has 0 saturated heterocycles. The number of primary amides is 1. The van der Waals surface area contributed by atoms with E-state index < -0.39 is 5.91 Å². The summed E-state index contributed by atoms with van der Waals surface area (Å²) in [5.74, 6) is 0.0286. The fourth-order valence-electron chi connectivity index (χ4n) is 2.46. The Hall–Kier alpha value is -3.07. The molecule has 0 aliphatic rings. The van der Waals surface area contributed by atoms with Crippen LogP contribution in [0, 0.1) is 0 Å². The normalized spacial score (nSPS) is 10.3. The second-order valence-electron chi connectivity index (χ2n) is 5.19. The molecule has 2 N–H and O–H groups in total. The highest BCUT2D eigenvalue weighted by atomic mass is 16.5. The van der Waals surface area contributed by atoms with E-state index >= 15 is 0 Å². The van der Waals surface area contributed by atoms with Crippen molar-refractivity contribution in [2.45, 2.75) is 6.61 Å². The number of carbonyl (C=O) groups excluding carboxylic acids is 1. The third-order valence-electron chi connectivity index (χ3n) is 3.59. The van der Waals surface area contributed by atoms with Gasteiger partial charge in [0.2, 0.25) is 0 Å². The first kappa shape index (κ1) is 14.9. The zero-order valence-electron chi connectivity index (χ0n) is 12.6. The maximum atomic E-state index is 11.8. The summed E-state index contributed by atoms with van der Waals surface area (Å²) in [6, 6.07) is 25.1. The number of para-hydroxylation sites is 1. The van der Waals surface area contributed by atoms with Gasteiger partial charge in [-0.3, -0.25) is 4.79 Å². The first-order valence-electron chi connectivity index (χ1n) is 7.40. The fraction of sp³-hybridized carbons (Fsp3) is 0.0500. The van der Waals surface area contributed by atoms with Gasteiger partial charge in [0.15, 0.2) is 0 Å². The summed E-state index contributed by atoms with van der Waals surface area (Å²) < 4.78 is 5.97. The Morgan fingerprint density at radius 1 is 0.826 bits per heavy atom. The van der Waals surface area contributed by atoms with Gasteiger partial charge in [0, 0.05) is 5.56 Å². The average molecular weight is 303 g/mol. The van der Waals surface area contributed by atoms with Crippen LogP contribution in [-0.2, 0) is 6.61 Å². The second-order valence-corrected chi connectivity index (χ2v) is 5.19. The minimum Gasteiger partial charge on any atom is -0.487 e. The van der Waals surface area contributed by atoms with Crippen LogP contribution in [-0.4, -0.2) is 5.91 Å². The van der Waals surface area contributed by atoms with Crippen molar-refractivity contribution in [2.24, 2.45) is 5.73 Å². The van der Waals surface area contributed by atoms with Crippen LogP contribution in [0.15, 0.2) is 78.9 Å². The Balaban J connectivity index is 2.00. The molecule has 0 aromatic heterocycles. The van der Waals surface area contributed by atoms with Crippen molar-refractivity contribution in [3.8, 4) is 16.9 Å². The first-order chi connectivity index (χ1) is 11.3. The quantitative estimate of drug-likeness (QED) is 0.773. The van der Waals surface area contributed by atoms with Gasteiger partial charge in [-0.15, -0.1) is 0 Å². The monoisotopic (exact) mass is 303 g/mol. The Morgan fingerprint density at radius 3 is 2.13 bits per heavy atom. The summed E-state index contributed by atoms with van der Waals surface area (Å²) in [6.45, 7) is 0.380. The highest BCUT2D eigenvalue weighted by Crippen LogP contribution is 2.33. The number of hydrogen-bond acceptors (Lipinski definition) is 2. The molecule has 0 aliphatic carbocycles. The van der Waals surface area contributed by atoms with Crippen LogP contribution in [0.1, 0.15) is 15.9 Å². The number of rotatable bonds is 5. The van der Waals surface area contributed by atoms with Crippen LogP contribution in [0.2, 0.25) is 0 Å². The van der Waals surface area contributed by atoms with Crippen LogP contribution in [0.5, 0.6) is 5.75 Å². The second kappa shape index (κ2) is 6.79. The summed E-state index contributed by atoms with van der Waals surface area (Å²) in [5.41, 5.74) is 8.78. The van der Waals surface area contributed by atoms with E-state index in [1.165, 1.54) is 0 Å². The largest absolute Gasteiger partial charge is 0.487 e. The van der Waals surface area contributed by atoms with Crippen molar-refractivity contribution in [3.63, 3.8) is 0 Å². The molecule has 3 aromatic carbocycles. The minimum absolute atomic E-state index is 0.380. The van der Waals surface area contributed by atoms with Crippen LogP contribution >= 0.6 is 0 Å². The molecule has 0 aliphatic heterocycles. The standard InChI is InChI=1S/C20H17NO2/c21-20(22)18-13-7-12-17(16-10-5-2-6-11-16)19(18)23-14-15-8-3-1-4-9-15/h1-13H,14H2,(H2,21,22). The van der Waals surface area contributed by atoms with E-state index in [4.69, 9.17) is 10.5 Å². The number of amides is 1. The Bertz CT molecular complexity index is 798. The number of ether oxygens (including phenoxy) is 1. The minimum atomic E-state index is -0.495. The van der Waals surface area contributed by atoms with E-state index in [-0.39, 0.29) is 0 Å². The fourth-order valence-corrected chi connectivity index (χ4v) is 2.46. The van der Waals surface area contributed by atoms with Gasteiger partial charge in [0.1, 0.15) is 12.4 Å². The zero-order valence-corrected chi connectivity index (χ0v) is 12.6. The Labute approximate surface area is 135 Å². The van der Waals surface area contributed by atoms with E-state index in [0.29, 0.717) is 17.9 Å². The molecule has 0 unspecified atom stereocenters. The molecule has 3 rings (SSSR count). The number of carbonyl (C=O) groups is 1. The molecule has 0 atom stereocenters. The van der Waals surface area contributed by atoms with E-state index in [2.05, 4.69) is 0 Å². The molecule has 0 spiro atoms. The molecule has 0 fully saturated rings. The third-order valence-corrected chi connectivity index (χ3v) is 3.59. The first-order valence-corrected chi connectivity index (χ1v) is 7.40. The van der Waals surface area contributed by atoms with Gasteiger partial charge in [0.05, 0.1) is 5.56 Å². The van der Waals surface area contributed by atoms with Gasteiger partial charge in [-0.1, -0.05) is 72.8 Å². The van der Waals surface area contributed by atoms with Gasteiger partial charge in [0.25, 0.3) is 5.91 Å². The van der Waals surface area contributed by atoms with E-state index in [0.717, 1.165) is 16.7 Å². The van der Waals surface area contributed by atoms with Gasteiger partial charge in [-0.25, -0.2) is 0 Å². The maximum Gasteiger partial charge on any atom is 0.252 e. The predicted molar refractivity (Wildman–Crippen MR) is 91.2 cm³/mol. The third kappa shape index (κ3) is 3.40. The molecule has 114 valence electrons. The van der Waals surface area contributed by atoms with Crippen LogP contribution in [0.25, 0.3) is 11.1 Å². The lowest BCUT2D eigenvalue weighted by Crippen LogP contribution is -2.13. The van der Waals surface area contributed by atoms with E-state index in [1.807, 2.05) is 72.8 Å². The molecule has 23 heavy (non-hydrogen) atoms. The number of hydrogen-bond donors (Lipinski definition) is 1. The van der Waals surface area contributed by atoms with Crippen molar-refractivity contribution in [3.05, 3.63) is 90.0 Å². The number of benzene rings is 3.